The van der Waals surface area contributed by atoms with Crippen LogP contribution in [0.2, 0.25) is 0 Å². The van der Waals surface area contributed by atoms with Crippen LogP contribution in [0.3, 0.4) is 0 Å². The predicted octanol–water partition coefficient (Wildman–Crippen LogP) is 2.53. The van der Waals surface area contributed by atoms with Gasteiger partial charge in [-0.2, -0.15) is 0 Å². The van der Waals surface area contributed by atoms with Crippen LogP contribution in [0.4, 0.5) is 8.78 Å². The van der Waals surface area contributed by atoms with Gasteiger partial charge < -0.3 is 10.6 Å². The first-order chi connectivity index (χ1) is 9.04. The Balaban J connectivity index is 2.36. The largest absolute Gasteiger partial charge is 0.356 e. The Kier molecular flexibility index (Phi) is 6.42. The summed E-state index contributed by atoms with van der Waals surface area (Å²) in [5, 5.41) is 5.88. The zero-order valence-electron chi connectivity index (χ0n) is 11.3. The van der Waals surface area contributed by atoms with E-state index in [-0.39, 0.29) is 11.9 Å². The molecule has 1 aromatic rings. The van der Waals surface area contributed by atoms with Gasteiger partial charge >= 0.3 is 0 Å². The average molecular weight is 270 g/mol. The van der Waals surface area contributed by atoms with Gasteiger partial charge in [-0.15, -0.1) is 0 Å². The summed E-state index contributed by atoms with van der Waals surface area (Å²) in [6, 6.07) is 3.68. The maximum absolute atomic E-state index is 13.1. The van der Waals surface area contributed by atoms with Gasteiger partial charge in [0.1, 0.15) is 0 Å². The molecule has 1 aromatic carbocycles. The highest BCUT2D eigenvalue weighted by molar-refractivity contribution is 5.75. The lowest BCUT2D eigenvalue weighted by atomic mass is 10.1. The van der Waals surface area contributed by atoms with Crippen LogP contribution in [0.1, 0.15) is 38.3 Å². The Morgan fingerprint density at radius 3 is 2.63 bits per heavy atom. The molecule has 3 nitrogen and oxygen atoms in total. The molecule has 0 bridgehead atoms. The van der Waals surface area contributed by atoms with Gasteiger partial charge in [0.25, 0.3) is 0 Å². The number of benzene rings is 1. The number of amides is 1. The fraction of sp³-hybridized carbons (Fsp3) is 0.500. The first-order valence-corrected chi connectivity index (χ1v) is 6.49. The zero-order valence-corrected chi connectivity index (χ0v) is 11.3. The molecule has 0 saturated carbocycles. The summed E-state index contributed by atoms with van der Waals surface area (Å²) in [6.45, 7) is 5.01. The van der Waals surface area contributed by atoms with Crippen molar-refractivity contribution in [3.8, 4) is 0 Å². The summed E-state index contributed by atoms with van der Waals surface area (Å²) < 4.78 is 25.9. The van der Waals surface area contributed by atoms with Gasteiger partial charge in [0.15, 0.2) is 11.6 Å². The van der Waals surface area contributed by atoms with E-state index >= 15 is 0 Å². The van der Waals surface area contributed by atoms with Crippen molar-refractivity contribution in [2.75, 3.05) is 13.1 Å². The van der Waals surface area contributed by atoms with Crippen molar-refractivity contribution in [3.63, 3.8) is 0 Å². The van der Waals surface area contributed by atoms with E-state index in [1.807, 2.05) is 13.8 Å². The van der Waals surface area contributed by atoms with Crippen LogP contribution < -0.4 is 10.6 Å². The minimum atomic E-state index is -0.855. The molecule has 1 rings (SSSR count). The van der Waals surface area contributed by atoms with E-state index in [1.54, 1.807) is 0 Å². The second-order valence-electron chi connectivity index (χ2n) is 4.45. The molecule has 106 valence electrons. The number of hydrogen-bond acceptors (Lipinski definition) is 2. The smallest absolute Gasteiger partial charge is 0.221 e. The Bertz CT molecular complexity index is 424. The second-order valence-corrected chi connectivity index (χ2v) is 4.45. The first-order valence-electron chi connectivity index (χ1n) is 6.49. The fourth-order valence-corrected chi connectivity index (χ4v) is 1.65. The molecular weight excluding hydrogens is 250 g/mol. The van der Waals surface area contributed by atoms with Crippen molar-refractivity contribution in [2.24, 2.45) is 0 Å². The molecule has 1 atom stereocenters. The standard InChI is InChI=1S/C14H20F2N2O/c1-3-7-18-14(19)6-8-17-10(2)11-4-5-12(15)13(16)9-11/h4-5,9-10,17H,3,6-8H2,1-2H3,(H,18,19). The van der Waals surface area contributed by atoms with E-state index in [9.17, 15) is 13.6 Å². The molecule has 2 N–H and O–H groups in total. The van der Waals surface area contributed by atoms with Crippen molar-refractivity contribution in [3.05, 3.63) is 35.4 Å². The van der Waals surface area contributed by atoms with Gasteiger partial charge in [0.05, 0.1) is 0 Å². The Morgan fingerprint density at radius 1 is 1.26 bits per heavy atom. The highest BCUT2D eigenvalue weighted by Gasteiger charge is 2.09. The van der Waals surface area contributed by atoms with Gasteiger partial charge in [-0.1, -0.05) is 13.0 Å². The number of halogens is 2. The van der Waals surface area contributed by atoms with Gasteiger partial charge in [-0.25, -0.2) is 8.78 Å². The molecule has 0 spiro atoms. The van der Waals surface area contributed by atoms with E-state index in [0.717, 1.165) is 12.5 Å². The number of hydrogen-bond donors (Lipinski definition) is 2. The quantitative estimate of drug-likeness (QED) is 0.799. The molecule has 5 heteroatoms. The summed E-state index contributed by atoms with van der Waals surface area (Å²) in [7, 11) is 0. The summed E-state index contributed by atoms with van der Waals surface area (Å²) >= 11 is 0. The van der Waals surface area contributed by atoms with Crippen LogP contribution in [0.25, 0.3) is 0 Å². The SMILES string of the molecule is CCCNC(=O)CCNC(C)c1ccc(F)c(F)c1. The monoisotopic (exact) mass is 270 g/mol. The molecule has 1 unspecified atom stereocenters. The van der Waals surface area contributed by atoms with Gasteiger partial charge in [0, 0.05) is 25.6 Å². The Morgan fingerprint density at radius 2 is 2.00 bits per heavy atom. The van der Waals surface area contributed by atoms with Gasteiger partial charge in [-0.05, 0) is 31.0 Å². The number of rotatable bonds is 7. The summed E-state index contributed by atoms with van der Waals surface area (Å²) in [6.07, 6.45) is 1.28. The fourth-order valence-electron chi connectivity index (χ4n) is 1.65. The van der Waals surface area contributed by atoms with Crippen molar-refractivity contribution in [1.82, 2.24) is 10.6 Å². The second kappa shape index (κ2) is 7.84. The molecule has 0 aromatic heterocycles. The third-order valence-electron chi connectivity index (χ3n) is 2.82. The van der Waals surface area contributed by atoms with Crippen LogP contribution >= 0.6 is 0 Å². The van der Waals surface area contributed by atoms with Gasteiger partial charge in [-0.3, -0.25) is 4.79 Å². The summed E-state index contributed by atoms with van der Waals surface area (Å²) in [4.78, 5) is 11.4. The predicted molar refractivity (Wildman–Crippen MR) is 70.7 cm³/mol. The highest BCUT2D eigenvalue weighted by atomic mass is 19.2. The van der Waals surface area contributed by atoms with Gasteiger partial charge in [0.2, 0.25) is 5.91 Å². The van der Waals surface area contributed by atoms with Crippen LogP contribution in [0, 0.1) is 11.6 Å². The normalized spacial score (nSPS) is 12.2. The maximum Gasteiger partial charge on any atom is 0.221 e. The minimum Gasteiger partial charge on any atom is -0.356 e. The van der Waals surface area contributed by atoms with E-state index in [1.165, 1.54) is 12.1 Å². The number of carbonyl (C=O) groups is 1. The third kappa shape index (κ3) is 5.34. The van der Waals surface area contributed by atoms with Crippen LogP contribution in [0.5, 0.6) is 0 Å². The highest BCUT2D eigenvalue weighted by Crippen LogP contribution is 2.15. The lowest BCUT2D eigenvalue weighted by molar-refractivity contribution is -0.121. The Labute approximate surface area is 112 Å². The molecule has 0 aliphatic heterocycles. The average Bonchev–Trinajstić information content (AvgIpc) is 2.39. The van der Waals surface area contributed by atoms with Crippen LogP contribution in [-0.2, 0) is 4.79 Å². The van der Waals surface area contributed by atoms with E-state index in [2.05, 4.69) is 10.6 Å². The third-order valence-corrected chi connectivity index (χ3v) is 2.82. The molecule has 1 amide bonds. The molecule has 0 heterocycles. The van der Waals surface area contributed by atoms with Crippen molar-refractivity contribution < 1.29 is 13.6 Å². The molecule has 0 aliphatic rings. The lowest BCUT2D eigenvalue weighted by Gasteiger charge is -2.14. The van der Waals surface area contributed by atoms with E-state index < -0.39 is 11.6 Å². The number of carbonyl (C=O) groups excluding carboxylic acids is 1. The van der Waals surface area contributed by atoms with Crippen LogP contribution in [0.15, 0.2) is 18.2 Å². The molecule has 0 fully saturated rings. The van der Waals surface area contributed by atoms with Crippen molar-refractivity contribution in [2.45, 2.75) is 32.7 Å². The molecule has 0 radical (unpaired) electrons. The molecule has 19 heavy (non-hydrogen) atoms. The number of nitrogens with one attached hydrogen (secondary N) is 2. The van der Waals surface area contributed by atoms with E-state index in [0.29, 0.717) is 25.1 Å². The van der Waals surface area contributed by atoms with Crippen molar-refractivity contribution in [1.29, 1.82) is 0 Å². The topological polar surface area (TPSA) is 41.1 Å². The lowest BCUT2D eigenvalue weighted by Crippen LogP contribution is -2.29. The molecular formula is C14H20F2N2O. The Hall–Kier alpha value is -1.49. The summed E-state index contributed by atoms with van der Waals surface area (Å²) in [5.74, 6) is -1.71. The van der Waals surface area contributed by atoms with Crippen LogP contribution in [-0.4, -0.2) is 19.0 Å². The maximum atomic E-state index is 13.1. The molecule has 0 aliphatic carbocycles. The zero-order chi connectivity index (χ0) is 14.3. The molecule has 0 saturated heterocycles. The minimum absolute atomic E-state index is 0.00756. The van der Waals surface area contributed by atoms with E-state index in [4.69, 9.17) is 0 Å². The summed E-state index contributed by atoms with van der Waals surface area (Å²) in [5.41, 5.74) is 0.660. The first kappa shape index (κ1) is 15.6. The van der Waals surface area contributed by atoms with Crippen molar-refractivity contribution >= 4 is 5.91 Å².